The van der Waals surface area contributed by atoms with Gasteiger partial charge in [0.1, 0.15) is 12.1 Å². The molecule has 0 aliphatic heterocycles. The van der Waals surface area contributed by atoms with Crippen LogP contribution in [0.2, 0.25) is 0 Å². The lowest BCUT2D eigenvalue weighted by atomic mass is 10.0. The maximum Gasteiger partial charge on any atom is 0.326 e. The molecule has 2 aromatic carbocycles. The number of carbonyl (C=O) groups excluding carboxylic acids is 1. The Bertz CT molecular complexity index is 1080. The van der Waals surface area contributed by atoms with Crippen molar-refractivity contribution >= 4 is 22.8 Å². The number of hydrogen-bond acceptors (Lipinski definition) is 4. The zero-order valence-corrected chi connectivity index (χ0v) is 16.8. The van der Waals surface area contributed by atoms with Crippen molar-refractivity contribution in [1.29, 1.82) is 0 Å². The van der Waals surface area contributed by atoms with Crippen LogP contribution in [0.4, 0.5) is 0 Å². The minimum absolute atomic E-state index is 0.160. The highest BCUT2D eigenvalue weighted by atomic mass is 16.4. The van der Waals surface area contributed by atoms with E-state index in [2.05, 4.69) is 10.3 Å². The summed E-state index contributed by atoms with van der Waals surface area (Å²) in [5, 5.41) is 12.7. The fourth-order valence-corrected chi connectivity index (χ4v) is 3.42. The average Bonchev–Trinajstić information content (AvgIpc) is 2.75. The highest BCUT2D eigenvalue weighted by molar-refractivity contribution is 5.86. The molecule has 0 bridgehead atoms. The topological polar surface area (TPSA) is 101 Å². The average molecular weight is 407 g/mol. The van der Waals surface area contributed by atoms with Crippen molar-refractivity contribution in [2.45, 2.75) is 44.7 Å². The quantitative estimate of drug-likeness (QED) is 0.568. The molecular weight excluding hydrogens is 382 g/mol. The molecule has 1 aromatic heterocycles. The monoisotopic (exact) mass is 407 g/mol. The standard InChI is InChI=1S/C23H25N3O4/c1-2-3-13-20(26-15-24-18-12-8-7-11-17(18)22(26)28)21(27)25-19(23(29)30)14-16-9-5-4-6-10-16/h4-12,15,19-20H,2-3,13-14H2,1H3,(H,25,27)(H,29,30). The van der Waals surface area contributed by atoms with Gasteiger partial charge in [-0.05, 0) is 24.1 Å². The van der Waals surface area contributed by atoms with E-state index in [1.54, 1.807) is 24.3 Å². The number of carboxylic acids is 1. The molecule has 0 spiro atoms. The molecule has 2 N–H and O–H groups in total. The lowest BCUT2D eigenvalue weighted by molar-refractivity contribution is -0.142. The second-order valence-electron chi connectivity index (χ2n) is 7.22. The van der Waals surface area contributed by atoms with E-state index >= 15 is 0 Å². The molecule has 7 nitrogen and oxygen atoms in total. The van der Waals surface area contributed by atoms with Crippen molar-refractivity contribution in [3.63, 3.8) is 0 Å². The molecule has 3 rings (SSSR count). The molecular formula is C23H25N3O4. The molecule has 0 aliphatic rings. The predicted octanol–water partition coefficient (Wildman–Crippen LogP) is 2.94. The van der Waals surface area contributed by atoms with E-state index in [1.165, 1.54) is 10.9 Å². The number of aliphatic carboxylic acids is 1. The molecule has 0 fully saturated rings. The summed E-state index contributed by atoms with van der Waals surface area (Å²) in [7, 11) is 0. The Balaban J connectivity index is 1.89. The number of nitrogens with zero attached hydrogens (tertiary/aromatic N) is 2. The molecule has 2 unspecified atom stereocenters. The Morgan fingerprint density at radius 3 is 2.50 bits per heavy atom. The van der Waals surface area contributed by atoms with Crippen LogP contribution in [0.1, 0.15) is 37.8 Å². The highest BCUT2D eigenvalue weighted by Gasteiger charge is 2.27. The zero-order valence-electron chi connectivity index (χ0n) is 16.8. The molecule has 1 amide bonds. The molecule has 2 atom stereocenters. The first-order chi connectivity index (χ1) is 14.5. The Kier molecular flexibility index (Phi) is 6.95. The van der Waals surface area contributed by atoms with Crippen molar-refractivity contribution in [3.05, 3.63) is 76.8 Å². The van der Waals surface area contributed by atoms with E-state index in [0.717, 1.165) is 12.0 Å². The van der Waals surface area contributed by atoms with E-state index in [-0.39, 0.29) is 12.0 Å². The van der Waals surface area contributed by atoms with Crippen molar-refractivity contribution < 1.29 is 14.7 Å². The number of fused-ring (bicyclic) bond motifs is 1. The van der Waals surface area contributed by atoms with Crippen LogP contribution in [-0.2, 0) is 16.0 Å². The van der Waals surface area contributed by atoms with Gasteiger partial charge in [0.2, 0.25) is 5.91 Å². The van der Waals surface area contributed by atoms with Gasteiger partial charge in [-0.2, -0.15) is 0 Å². The van der Waals surface area contributed by atoms with Gasteiger partial charge in [0.25, 0.3) is 5.56 Å². The Morgan fingerprint density at radius 1 is 1.10 bits per heavy atom. The summed E-state index contributed by atoms with van der Waals surface area (Å²) < 4.78 is 1.31. The maximum atomic E-state index is 13.1. The number of hydrogen-bond donors (Lipinski definition) is 2. The van der Waals surface area contributed by atoms with Gasteiger partial charge in [-0.25, -0.2) is 9.78 Å². The Labute approximate surface area is 174 Å². The summed E-state index contributed by atoms with van der Waals surface area (Å²) in [5.41, 5.74) is 1.05. The number of rotatable bonds is 9. The molecule has 156 valence electrons. The summed E-state index contributed by atoms with van der Waals surface area (Å²) >= 11 is 0. The predicted molar refractivity (Wildman–Crippen MR) is 114 cm³/mol. The van der Waals surface area contributed by atoms with Crippen LogP contribution in [0.3, 0.4) is 0 Å². The number of para-hydroxylation sites is 1. The normalized spacial score (nSPS) is 13.0. The summed E-state index contributed by atoms with van der Waals surface area (Å²) in [6.07, 6.45) is 3.50. The fourth-order valence-electron chi connectivity index (χ4n) is 3.42. The highest BCUT2D eigenvalue weighted by Crippen LogP contribution is 2.16. The minimum Gasteiger partial charge on any atom is -0.480 e. The van der Waals surface area contributed by atoms with Crippen LogP contribution in [0.25, 0.3) is 10.9 Å². The first-order valence-corrected chi connectivity index (χ1v) is 10.0. The molecule has 0 radical (unpaired) electrons. The van der Waals surface area contributed by atoms with Gasteiger partial charge in [-0.3, -0.25) is 14.2 Å². The van der Waals surface area contributed by atoms with Gasteiger partial charge in [0.15, 0.2) is 0 Å². The van der Waals surface area contributed by atoms with E-state index in [0.29, 0.717) is 23.7 Å². The van der Waals surface area contributed by atoms with Crippen molar-refractivity contribution in [2.24, 2.45) is 0 Å². The number of carbonyl (C=O) groups is 2. The Morgan fingerprint density at radius 2 is 1.80 bits per heavy atom. The number of aromatic nitrogens is 2. The van der Waals surface area contributed by atoms with Gasteiger partial charge in [0, 0.05) is 6.42 Å². The van der Waals surface area contributed by atoms with Crippen LogP contribution in [0.15, 0.2) is 65.7 Å². The SMILES string of the molecule is CCCCC(C(=O)NC(Cc1ccccc1)C(=O)O)n1cnc2ccccc2c1=O. The largest absolute Gasteiger partial charge is 0.480 e. The molecule has 0 aliphatic carbocycles. The molecule has 30 heavy (non-hydrogen) atoms. The van der Waals surface area contributed by atoms with Crippen molar-refractivity contribution in [2.75, 3.05) is 0 Å². The van der Waals surface area contributed by atoms with Crippen LogP contribution >= 0.6 is 0 Å². The third kappa shape index (κ3) is 4.92. The van der Waals surface area contributed by atoms with Crippen LogP contribution < -0.4 is 10.9 Å². The third-order valence-corrected chi connectivity index (χ3v) is 5.06. The summed E-state index contributed by atoms with van der Waals surface area (Å²) in [5.74, 6) is -1.61. The molecule has 7 heteroatoms. The lowest BCUT2D eigenvalue weighted by Gasteiger charge is -2.22. The number of unbranched alkanes of at least 4 members (excludes halogenated alkanes) is 1. The number of nitrogens with one attached hydrogen (secondary N) is 1. The van der Waals surface area contributed by atoms with E-state index in [4.69, 9.17) is 0 Å². The molecule has 0 saturated carbocycles. The number of amides is 1. The van der Waals surface area contributed by atoms with E-state index in [1.807, 2.05) is 37.3 Å². The van der Waals surface area contributed by atoms with Crippen LogP contribution in [-0.4, -0.2) is 32.6 Å². The fraction of sp³-hybridized carbons (Fsp3) is 0.304. The van der Waals surface area contributed by atoms with Crippen molar-refractivity contribution in [1.82, 2.24) is 14.9 Å². The van der Waals surface area contributed by atoms with Crippen LogP contribution in [0, 0.1) is 0 Å². The maximum absolute atomic E-state index is 13.1. The molecule has 3 aromatic rings. The Hall–Kier alpha value is -3.48. The van der Waals surface area contributed by atoms with Gasteiger partial charge in [0.05, 0.1) is 17.2 Å². The second kappa shape index (κ2) is 9.82. The van der Waals surface area contributed by atoms with Gasteiger partial charge >= 0.3 is 5.97 Å². The van der Waals surface area contributed by atoms with E-state index in [9.17, 15) is 19.5 Å². The minimum atomic E-state index is -1.12. The molecule has 0 saturated heterocycles. The smallest absolute Gasteiger partial charge is 0.326 e. The van der Waals surface area contributed by atoms with Crippen molar-refractivity contribution in [3.8, 4) is 0 Å². The molecule has 1 heterocycles. The first kappa shape index (κ1) is 21.2. The number of carboxylic acid groups (broad SMARTS) is 1. The van der Waals surface area contributed by atoms with Gasteiger partial charge in [-0.1, -0.05) is 62.2 Å². The van der Waals surface area contributed by atoms with E-state index < -0.39 is 24.0 Å². The number of benzene rings is 2. The summed E-state index contributed by atoms with van der Waals surface area (Å²) in [6.45, 7) is 1.99. The lowest BCUT2D eigenvalue weighted by Crippen LogP contribution is -2.46. The van der Waals surface area contributed by atoms with Gasteiger partial charge in [-0.15, -0.1) is 0 Å². The summed E-state index contributed by atoms with van der Waals surface area (Å²) in [4.78, 5) is 42.1. The second-order valence-corrected chi connectivity index (χ2v) is 7.22. The zero-order chi connectivity index (χ0) is 21.5. The third-order valence-electron chi connectivity index (χ3n) is 5.06. The van der Waals surface area contributed by atoms with Crippen LogP contribution in [0.5, 0.6) is 0 Å². The summed E-state index contributed by atoms with van der Waals surface area (Å²) in [6, 6.07) is 14.1. The van der Waals surface area contributed by atoms with Gasteiger partial charge < -0.3 is 10.4 Å². The first-order valence-electron chi connectivity index (χ1n) is 10.0.